The van der Waals surface area contributed by atoms with Gasteiger partial charge >= 0.3 is 0 Å². The Kier molecular flexibility index (Phi) is 7.16. The van der Waals surface area contributed by atoms with E-state index in [0.717, 1.165) is 38.7 Å². The lowest BCUT2D eigenvalue weighted by molar-refractivity contribution is 0.372. The number of hydrogen-bond donors (Lipinski definition) is 1. The van der Waals surface area contributed by atoms with Crippen molar-refractivity contribution in [1.29, 1.82) is 0 Å². The van der Waals surface area contributed by atoms with Crippen LogP contribution in [0.3, 0.4) is 0 Å². The molecule has 2 heterocycles. The lowest BCUT2D eigenvalue weighted by atomic mass is 10.2. The molecule has 1 fully saturated rings. The highest BCUT2D eigenvalue weighted by Gasteiger charge is 2.19. The zero-order valence-corrected chi connectivity index (χ0v) is 16.5. The third-order valence-electron chi connectivity index (χ3n) is 3.91. The highest BCUT2D eigenvalue weighted by atomic mass is 127. The Morgan fingerprint density at radius 3 is 2.43 bits per heavy atom. The van der Waals surface area contributed by atoms with Crippen molar-refractivity contribution in [2.75, 3.05) is 38.1 Å². The second-order valence-electron chi connectivity index (χ2n) is 5.29. The summed E-state index contributed by atoms with van der Waals surface area (Å²) >= 11 is 1.78. The van der Waals surface area contributed by atoms with Crippen LogP contribution in [0.4, 0.5) is 5.69 Å². The van der Waals surface area contributed by atoms with Gasteiger partial charge in [0.05, 0.1) is 6.54 Å². The Morgan fingerprint density at radius 2 is 1.83 bits per heavy atom. The molecule has 2 aromatic rings. The highest BCUT2D eigenvalue weighted by molar-refractivity contribution is 14.0. The molecule has 124 valence electrons. The molecule has 1 aliphatic heterocycles. The van der Waals surface area contributed by atoms with Crippen LogP contribution in [0.15, 0.2) is 52.8 Å². The lowest BCUT2D eigenvalue weighted by Crippen LogP contribution is -2.52. The summed E-state index contributed by atoms with van der Waals surface area (Å²) in [5.74, 6) is 1.00. The van der Waals surface area contributed by atoms with Gasteiger partial charge < -0.3 is 15.1 Å². The molecule has 0 radical (unpaired) electrons. The minimum absolute atomic E-state index is 0. The summed E-state index contributed by atoms with van der Waals surface area (Å²) in [5.41, 5.74) is 1.31. The summed E-state index contributed by atoms with van der Waals surface area (Å²) in [6.45, 7) is 4.91. The first-order valence-corrected chi connectivity index (χ1v) is 8.53. The molecule has 0 aliphatic carbocycles. The van der Waals surface area contributed by atoms with Crippen molar-refractivity contribution < 1.29 is 0 Å². The van der Waals surface area contributed by atoms with E-state index in [1.54, 1.807) is 11.3 Å². The van der Waals surface area contributed by atoms with Gasteiger partial charge in [-0.15, -0.1) is 35.3 Å². The second kappa shape index (κ2) is 9.12. The van der Waals surface area contributed by atoms with Crippen LogP contribution in [0.2, 0.25) is 0 Å². The predicted octanol–water partition coefficient (Wildman–Crippen LogP) is 3.26. The fourth-order valence-electron chi connectivity index (χ4n) is 2.73. The molecular formula is C17H23IN4S. The summed E-state index contributed by atoms with van der Waals surface area (Å²) in [6.07, 6.45) is 0. The monoisotopic (exact) mass is 442 g/mol. The van der Waals surface area contributed by atoms with Crippen LogP contribution < -0.4 is 10.2 Å². The molecule has 0 saturated carbocycles. The van der Waals surface area contributed by atoms with Gasteiger partial charge in [-0.05, 0) is 23.6 Å². The van der Waals surface area contributed by atoms with Crippen molar-refractivity contribution in [3.05, 3.63) is 52.7 Å². The number of aliphatic imine (C=N–C) groups is 1. The molecule has 0 spiro atoms. The van der Waals surface area contributed by atoms with Crippen LogP contribution in [0, 0.1) is 0 Å². The van der Waals surface area contributed by atoms with Crippen LogP contribution in [-0.4, -0.2) is 44.1 Å². The van der Waals surface area contributed by atoms with Crippen molar-refractivity contribution in [2.45, 2.75) is 6.54 Å². The van der Waals surface area contributed by atoms with E-state index in [-0.39, 0.29) is 24.0 Å². The molecule has 0 unspecified atom stereocenters. The smallest absolute Gasteiger partial charge is 0.194 e. The topological polar surface area (TPSA) is 30.9 Å². The Balaban J connectivity index is 0.00000192. The molecule has 23 heavy (non-hydrogen) atoms. The summed E-state index contributed by atoms with van der Waals surface area (Å²) in [4.78, 5) is 10.5. The molecule has 4 nitrogen and oxygen atoms in total. The highest BCUT2D eigenvalue weighted by Crippen LogP contribution is 2.15. The average Bonchev–Trinajstić information content (AvgIpc) is 3.10. The number of rotatable bonds is 3. The van der Waals surface area contributed by atoms with Crippen molar-refractivity contribution >= 4 is 47.0 Å². The van der Waals surface area contributed by atoms with Gasteiger partial charge in [0.25, 0.3) is 0 Å². The summed E-state index contributed by atoms with van der Waals surface area (Å²) < 4.78 is 0. The Morgan fingerprint density at radius 1 is 1.09 bits per heavy atom. The molecule has 1 aliphatic rings. The standard InChI is InChI=1S/C17H22N4S.HI/c1-18-17(19-14-16-8-5-13-22-16)21-11-9-20(10-12-21)15-6-3-2-4-7-15;/h2-8,13H,9-12,14H2,1H3,(H,18,19);1H. The van der Waals surface area contributed by atoms with Crippen LogP contribution in [0.5, 0.6) is 0 Å². The van der Waals surface area contributed by atoms with E-state index in [9.17, 15) is 0 Å². The maximum atomic E-state index is 4.43. The van der Waals surface area contributed by atoms with E-state index in [2.05, 4.69) is 68.0 Å². The summed E-state index contributed by atoms with van der Waals surface area (Å²) in [5, 5.41) is 5.57. The van der Waals surface area contributed by atoms with Crippen molar-refractivity contribution in [1.82, 2.24) is 10.2 Å². The average molecular weight is 442 g/mol. The molecule has 1 aromatic heterocycles. The van der Waals surface area contributed by atoms with Crippen molar-refractivity contribution in [2.24, 2.45) is 4.99 Å². The maximum Gasteiger partial charge on any atom is 0.194 e. The minimum atomic E-state index is 0. The third-order valence-corrected chi connectivity index (χ3v) is 4.79. The number of guanidine groups is 1. The first-order chi connectivity index (χ1) is 10.9. The number of benzene rings is 1. The van der Waals surface area contributed by atoms with E-state index in [1.807, 2.05) is 7.05 Å². The molecule has 0 atom stereocenters. The number of anilines is 1. The molecule has 0 bridgehead atoms. The summed E-state index contributed by atoms with van der Waals surface area (Å²) in [6, 6.07) is 14.9. The number of nitrogens with zero attached hydrogens (tertiary/aromatic N) is 3. The third kappa shape index (κ3) is 4.84. The number of piperazine rings is 1. The van der Waals surface area contributed by atoms with Gasteiger partial charge in [0.1, 0.15) is 0 Å². The lowest BCUT2D eigenvalue weighted by Gasteiger charge is -2.37. The first kappa shape index (κ1) is 18.1. The van der Waals surface area contributed by atoms with Crippen LogP contribution in [-0.2, 0) is 6.54 Å². The van der Waals surface area contributed by atoms with Gasteiger partial charge in [-0.2, -0.15) is 0 Å². The Labute approximate surface area is 159 Å². The molecule has 0 amide bonds. The summed E-state index contributed by atoms with van der Waals surface area (Å²) in [7, 11) is 1.86. The van der Waals surface area contributed by atoms with Crippen molar-refractivity contribution in [3.63, 3.8) is 0 Å². The minimum Gasteiger partial charge on any atom is -0.368 e. The first-order valence-electron chi connectivity index (χ1n) is 7.65. The Bertz CT molecular complexity index is 592. The maximum absolute atomic E-state index is 4.43. The molecule has 1 aromatic carbocycles. The molecule has 3 rings (SSSR count). The van der Waals surface area contributed by atoms with Gasteiger partial charge in [0.15, 0.2) is 5.96 Å². The number of halogens is 1. The van der Waals surface area contributed by atoms with E-state index in [4.69, 9.17) is 0 Å². The van der Waals surface area contributed by atoms with Gasteiger partial charge in [-0.25, -0.2) is 0 Å². The molecule has 1 saturated heterocycles. The van der Waals surface area contributed by atoms with Gasteiger partial charge in [-0.1, -0.05) is 24.3 Å². The predicted molar refractivity (Wildman–Crippen MR) is 110 cm³/mol. The van der Waals surface area contributed by atoms with Gasteiger partial charge in [-0.3, -0.25) is 4.99 Å². The zero-order valence-electron chi connectivity index (χ0n) is 13.3. The van der Waals surface area contributed by atoms with E-state index in [0.29, 0.717) is 0 Å². The van der Waals surface area contributed by atoms with E-state index in [1.165, 1.54) is 10.6 Å². The SMILES string of the molecule is CN=C(NCc1cccs1)N1CCN(c2ccccc2)CC1.I. The Hall–Kier alpha value is -1.28. The second-order valence-corrected chi connectivity index (χ2v) is 6.32. The number of thiophene rings is 1. The zero-order chi connectivity index (χ0) is 15.2. The largest absolute Gasteiger partial charge is 0.368 e. The van der Waals surface area contributed by atoms with Gasteiger partial charge in [0, 0.05) is 43.8 Å². The molecular weight excluding hydrogens is 419 g/mol. The normalized spacial score (nSPS) is 15.3. The van der Waals surface area contributed by atoms with E-state index < -0.39 is 0 Å². The fraction of sp³-hybridized carbons (Fsp3) is 0.353. The van der Waals surface area contributed by atoms with Crippen LogP contribution >= 0.6 is 35.3 Å². The number of hydrogen-bond acceptors (Lipinski definition) is 3. The molecule has 6 heteroatoms. The molecule has 1 N–H and O–H groups in total. The number of para-hydroxylation sites is 1. The van der Waals surface area contributed by atoms with Crippen molar-refractivity contribution in [3.8, 4) is 0 Å². The fourth-order valence-corrected chi connectivity index (χ4v) is 3.37. The van der Waals surface area contributed by atoms with Gasteiger partial charge in [0.2, 0.25) is 0 Å². The van der Waals surface area contributed by atoms with Crippen LogP contribution in [0.1, 0.15) is 4.88 Å². The van der Waals surface area contributed by atoms with Crippen LogP contribution in [0.25, 0.3) is 0 Å². The quantitative estimate of drug-likeness (QED) is 0.450. The number of nitrogens with one attached hydrogen (secondary N) is 1. The van der Waals surface area contributed by atoms with E-state index >= 15 is 0 Å².